The Labute approximate surface area is 108 Å². The molecule has 0 aromatic heterocycles. The number of nitrogens with zero attached hydrogens (tertiary/aromatic N) is 2. The van der Waals surface area contributed by atoms with E-state index < -0.39 is 0 Å². The first-order valence-electron chi connectivity index (χ1n) is 6.40. The number of nitrogens with one attached hydrogen (secondary N) is 2. The van der Waals surface area contributed by atoms with E-state index in [4.69, 9.17) is 0 Å². The van der Waals surface area contributed by atoms with Gasteiger partial charge in [0.2, 0.25) is 11.8 Å². The summed E-state index contributed by atoms with van der Waals surface area (Å²) in [7, 11) is 2.08. The molecule has 2 aliphatic heterocycles. The van der Waals surface area contributed by atoms with Crippen LogP contribution in [-0.4, -0.2) is 73.0 Å². The number of piperazine rings is 2. The van der Waals surface area contributed by atoms with Gasteiger partial charge in [-0.15, -0.1) is 0 Å². The Morgan fingerprint density at radius 3 is 2.67 bits per heavy atom. The third-order valence-corrected chi connectivity index (χ3v) is 3.94. The summed E-state index contributed by atoms with van der Waals surface area (Å²) in [4.78, 5) is 27.6. The molecule has 2 amide bonds. The van der Waals surface area contributed by atoms with Gasteiger partial charge in [-0.2, -0.15) is 0 Å². The minimum Gasteiger partial charge on any atom is -0.353 e. The molecule has 0 radical (unpaired) electrons. The molecule has 2 N–H and O–H groups in total. The van der Waals surface area contributed by atoms with Gasteiger partial charge >= 0.3 is 0 Å². The van der Waals surface area contributed by atoms with E-state index in [1.54, 1.807) is 0 Å². The fourth-order valence-electron chi connectivity index (χ4n) is 2.39. The van der Waals surface area contributed by atoms with E-state index in [1.165, 1.54) is 0 Å². The maximum Gasteiger partial charge on any atom is 0.241 e. The van der Waals surface area contributed by atoms with Crippen LogP contribution in [0.3, 0.4) is 0 Å². The van der Waals surface area contributed by atoms with Crippen molar-refractivity contribution in [3.8, 4) is 0 Å². The second-order valence-electron chi connectivity index (χ2n) is 5.73. The van der Waals surface area contributed by atoms with Crippen LogP contribution in [0.1, 0.15) is 13.8 Å². The summed E-state index contributed by atoms with van der Waals surface area (Å²) >= 11 is 0. The molecular formula is C12H22N4O2. The van der Waals surface area contributed by atoms with Crippen molar-refractivity contribution in [2.45, 2.75) is 25.4 Å². The number of carbonyl (C=O) groups excluding carboxylic acids is 2. The van der Waals surface area contributed by atoms with Crippen molar-refractivity contribution in [1.29, 1.82) is 0 Å². The Balaban J connectivity index is 1.95. The summed E-state index contributed by atoms with van der Waals surface area (Å²) < 4.78 is 0. The number of amides is 2. The zero-order valence-electron chi connectivity index (χ0n) is 11.3. The molecule has 2 heterocycles. The maximum absolute atomic E-state index is 12.3. The first kappa shape index (κ1) is 13.3. The molecule has 0 saturated carbocycles. The molecule has 2 rings (SSSR count). The Morgan fingerprint density at radius 1 is 1.39 bits per heavy atom. The molecule has 18 heavy (non-hydrogen) atoms. The lowest BCUT2D eigenvalue weighted by Crippen LogP contribution is -2.64. The van der Waals surface area contributed by atoms with E-state index in [-0.39, 0.29) is 29.9 Å². The van der Waals surface area contributed by atoms with E-state index in [2.05, 4.69) is 36.4 Å². The number of likely N-dealkylation sites (N-methyl/N-ethyl adjacent to an activating group) is 1. The topological polar surface area (TPSA) is 64.7 Å². The predicted octanol–water partition coefficient (Wildman–Crippen LogP) is -1.37. The van der Waals surface area contributed by atoms with Crippen LogP contribution >= 0.6 is 0 Å². The van der Waals surface area contributed by atoms with Gasteiger partial charge in [0.1, 0.15) is 6.04 Å². The standard InChI is InChI=1S/C12H22N4O2/c1-12(2)8-16(5-4-15(12)3)11(18)9-6-14-10(17)7-13-9/h9,13H,4-8H2,1-3H3,(H,14,17). The summed E-state index contributed by atoms with van der Waals surface area (Å²) in [5.41, 5.74) is 0.00578. The van der Waals surface area contributed by atoms with Crippen LogP contribution in [0.4, 0.5) is 0 Å². The van der Waals surface area contributed by atoms with E-state index >= 15 is 0 Å². The third kappa shape index (κ3) is 2.64. The normalized spacial score (nSPS) is 28.9. The molecule has 0 bridgehead atoms. The van der Waals surface area contributed by atoms with Crippen LogP contribution in [0.15, 0.2) is 0 Å². The SMILES string of the molecule is CN1CCN(C(=O)C2CNC(=O)CN2)CC1(C)C. The zero-order valence-corrected chi connectivity index (χ0v) is 11.3. The Hall–Kier alpha value is -1.14. The van der Waals surface area contributed by atoms with Gasteiger partial charge < -0.3 is 10.2 Å². The van der Waals surface area contributed by atoms with Crippen molar-refractivity contribution < 1.29 is 9.59 Å². The van der Waals surface area contributed by atoms with Crippen molar-refractivity contribution in [3.05, 3.63) is 0 Å². The van der Waals surface area contributed by atoms with E-state index in [0.717, 1.165) is 19.6 Å². The van der Waals surface area contributed by atoms with Crippen LogP contribution in [0.2, 0.25) is 0 Å². The molecule has 6 heteroatoms. The second-order valence-corrected chi connectivity index (χ2v) is 5.73. The van der Waals surface area contributed by atoms with Gasteiger partial charge in [0.05, 0.1) is 6.54 Å². The van der Waals surface area contributed by atoms with Crippen molar-refractivity contribution in [2.75, 3.05) is 39.8 Å². The van der Waals surface area contributed by atoms with Crippen LogP contribution in [0.5, 0.6) is 0 Å². The molecule has 2 aliphatic rings. The number of carbonyl (C=O) groups is 2. The molecule has 2 saturated heterocycles. The van der Waals surface area contributed by atoms with E-state index in [0.29, 0.717) is 6.54 Å². The Morgan fingerprint density at radius 2 is 2.11 bits per heavy atom. The Kier molecular flexibility index (Phi) is 3.59. The van der Waals surface area contributed by atoms with Crippen molar-refractivity contribution in [3.63, 3.8) is 0 Å². The first-order chi connectivity index (χ1) is 8.40. The van der Waals surface area contributed by atoms with Gasteiger partial charge in [-0.05, 0) is 20.9 Å². The van der Waals surface area contributed by atoms with Gasteiger partial charge in [-0.3, -0.25) is 19.8 Å². The van der Waals surface area contributed by atoms with Crippen LogP contribution in [0, 0.1) is 0 Å². The molecule has 6 nitrogen and oxygen atoms in total. The van der Waals surface area contributed by atoms with Gasteiger partial charge in [-0.1, -0.05) is 0 Å². The van der Waals surface area contributed by atoms with Gasteiger partial charge in [0.15, 0.2) is 0 Å². The summed E-state index contributed by atoms with van der Waals surface area (Å²) in [6, 6.07) is -0.276. The summed E-state index contributed by atoms with van der Waals surface area (Å²) in [6.07, 6.45) is 0. The number of hydrogen-bond acceptors (Lipinski definition) is 4. The molecule has 102 valence electrons. The van der Waals surface area contributed by atoms with Gasteiger partial charge in [-0.25, -0.2) is 0 Å². The van der Waals surface area contributed by atoms with E-state index in [9.17, 15) is 9.59 Å². The highest BCUT2D eigenvalue weighted by Gasteiger charge is 2.36. The number of rotatable bonds is 1. The van der Waals surface area contributed by atoms with Crippen LogP contribution in [0.25, 0.3) is 0 Å². The minimum absolute atomic E-state index is 0.00578. The van der Waals surface area contributed by atoms with Gasteiger partial charge in [0, 0.05) is 31.7 Å². The maximum atomic E-state index is 12.3. The zero-order chi connectivity index (χ0) is 13.3. The van der Waals surface area contributed by atoms with E-state index in [1.807, 2.05) is 4.90 Å². The number of hydrogen-bond donors (Lipinski definition) is 2. The molecule has 0 aliphatic carbocycles. The molecule has 1 atom stereocenters. The highest BCUT2D eigenvalue weighted by molar-refractivity contribution is 5.86. The van der Waals surface area contributed by atoms with Crippen molar-refractivity contribution in [1.82, 2.24) is 20.4 Å². The molecule has 0 aromatic rings. The fourth-order valence-corrected chi connectivity index (χ4v) is 2.39. The smallest absolute Gasteiger partial charge is 0.241 e. The van der Waals surface area contributed by atoms with Gasteiger partial charge in [0.25, 0.3) is 0 Å². The molecule has 0 aromatic carbocycles. The Bertz CT molecular complexity index is 346. The predicted molar refractivity (Wildman–Crippen MR) is 68.1 cm³/mol. The third-order valence-electron chi connectivity index (χ3n) is 3.94. The molecular weight excluding hydrogens is 232 g/mol. The highest BCUT2D eigenvalue weighted by atomic mass is 16.2. The average molecular weight is 254 g/mol. The summed E-state index contributed by atoms with van der Waals surface area (Å²) in [5, 5.41) is 5.71. The highest BCUT2D eigenvalue weighted by Crippen LogP contribution is 2.19. The monoisotopic (exact) mass is 254 g/mol. The molecule has 1 unspecified atom stereocenters. The first-order valence-corrected chi connectivity index (χ1v) is 6.40. The molecule has 0 spiro atoms. The molecule has 2 fully saturated rings. The largest absolute Gasteiger partial charge is 0.353 e. The second kappa shape index (κ2) is 4.85. The average Bonchev–Trinajstić information content (AvgIpc) is 2.33. The van der Waals surface area contributed by atoms with Crippen LogP contribution in [-0.2, 0) is 9.59 Å². The quantitative estimate of drug-likeness (QED) is 0.606. The lowest BCUT2D eigenvalue weighted by atomic mass is 9.99. The fraction of sp³-hybridized carbons (Fsp3) is 0.833. The van der Waals surface area contributed by atoms with Crippen molar-refractivity contribution >= 4 is 11.8 Å². The summed E-state index contributed by atoms with van der Waals surface area (Å²) in [5.74, 6) is 0.0499. The van der Waals surface area contributed by atoms with Crippen LogP contribution < -0.4 is 10.6 Å². The van der Waals surface area contributed by atoms with Crippen molar-refractivity contribution in [2.24, 2.45) is 0 Å². The summed E-state index contributed by atoms with van der Waals surface area (Å²) in [6.45, 7) is 7.28. The lowest BCUT2D eigenvalue weighted by Gasteiger charge is -2.46. The minimum atomic E-state index is -0.276. The lowest BCUT2D eigenvalue weighted by molar-refractivity contribution is -0.139.